The van der Waals surface area contributed by atoms with Crippen LogP contribution in [0.1, 0.15) is 36.3 Å². The van der Waals surface area contributed by atoms with Crippen LogP contribution in [0, 0.1) is 11.3 Å². The molecule has 140 valence electrons. The van der Waals surface area contributed by atoms with Crippen LogP contribution in [0.4, 0.5) is 5.13 Å². The molecular weight excluding hydrogens is 354 g/mol. The second kappa shape index (κ2) is 9.89. The Balaban J connectivity index is 1.79. The van der Waals surface area contributed by atoms with E-state index in [1.165, 1.54) is 22.4 Å². The van der Waals surface area contributed by atoms with Crippen molar-refractivity contribution in [3.63, 3.8) is 0 Å². The highest BCUT2D eigenvalue weighted by Crippen LogP contribution is 2.27. The number of carbonyl (C=O) groups excluding carboxylic acids is 1. The number of rotatable bonds is 9. The van der Waals surface area contributed by atoms with Crippen molar-refractivity contribution in [1.82, 2.24) is 15.2 Å². The van der Waals surface area contributed by atoms with Crippen LogP contribution in [0.5, 0.6) is 0 Å². The van der Waals surface area contributed by atoms with Gasteiger partial charge in [-0.05, 0) is 19.9 Å². The van der Waals surface area contributed by atoms with Gasteiger partial charge in [0.1, 0.15) is 11.6 Å². The van der Waals surface area contributed by atoms with Crippen molar-refractivity contribution in [3.05, 3.63) is 22.3 Å². The van der Waals surface area contributed by atoms with Crippen LogP contribution in [0.2, 0.25) is 0 Å². The van der Waals surface area contributed by atoms with Gasteiger partial charge >= 0.3 is 5.97 Å². The fourth-order valence-corrected chi connectivity index (χ4v) is 3.60. The van der Waals surface area contributed by atoms with Crippen molar-refractivity contribution in [1.29, 1.82) is 5.26 Å². The highest BCUT2D eigenvalue weighted by Gasteiger charge is 2.18. The number of fused-ring (bicyclic) bond motifs is 1. The molecular formula is C17H23N5O3S. The van der Waals surface area contributed by atoms with Crippen LogP contribution < -0.4 is 10.6 Å². The number of likely N-dealkylation sites (N-methyl/N-ethyl adjacent to an activating group) is 1. The molecule has 1 aliphatic heterocycles. The molecule has 0 aromatic carbocycles. The zero-order valence-corrected chi connectivity index (χ0v) is 15.6. The maximum Gasteiger partial charge on any atom is 0.303 e. The van der Waals surface area contributed by atoms with Crippen molar-refractivity contribution in [2.24, 2.45) is 0 Å². The van der Waals surface area contributed by atoms with Crippen molar-refractivity contribution in [3.8, 4) is 6.07 Å². The number of hydrogen-bond donors (Lipinski definition) is 3. The summed E-state index contributed by atoms with van der Waals surface area (Å²) in [5.74, 6) is -1.26. The van der Waals surface area contributed by atoms with Gasteiger partial charge in [0.15, 0.2) is 5.13 Å². The summed E-state index contributed by atoms with van der Waals surface area (Å²) in [5.41, 5.74) is 1.06. The first-order valence-corrected chi connectivity index (χ1v) is 9.35. The Hall–Kier alpha value is -2.44. The van der Waals surface area contributed by atoms with Crippen LogP contribution in [-0.4, -0.2) is 47.0 Å². The van der Waals surface area contributed by atoms with Crippen LogP contribution in [0.15, 0.2) is 11.8 Å². The Bertz CT molecular complexity index is 722. The maximum atomic E-state index is 12.0. The number of aromatic nitrogens is 1. The molecule has 0 spiro atoms. The van der Waals surface area contributed by atoms with Gasteiger partial charge in [-0.2, -0.15) is 5.26 Å². The molecule has 0 saturated carbocycles. The number of amides is 1. The molecule has 0 fully saturated rings. The molecule has 2 heterocycles. The van der Waals surface area contributed by atoms with E-state index in [2.05, 4.69) is 27.6 Å². The third kappa shape index (κ3) is 6.13. The lowest BCUT2D eigenvalue weighted by Gasteiger charge is -2.20. The average Bonchev–Trinajstić information content (AvgIpc) is 3.00. The first-order chi connectivity index (χ1) is 12.5. The van der Waals surface area contributed by atoms with Gasteiger partial charge < -0.3 is 20.6 Å². The molecule has 1 aliphatic rings. The van der Waals surface area contributed by atoms with Gasteiger partial charge in [-0.15, -0.1) is 11.3 Å². The van der Waals surface area contributed by atoms with E-state index in [1.807, 2.05) is 6.07 Å². The molecule has 0 aliphatic carbocycles. The number of nitriles is 1. The van der Waals surface area contributed by atoms with E-state index >= 15 is 0 Å². The Morgan fingerprint density at radius 3 is 2.96 bits per heavy atom. The van der Waals surface area contributed by atoms with Crippen LogP contribution in [0.25, 0.3) is 0 Å². The Morgan fingerprint density at radius 2 is 2.23 bits per heavy atom. The second-order valence-corrected chi connectivity index (χ2v) is 7.23. The summed E-state index contributed by atoms with van der Waals surface area (Å²) in [6.07, 6.45) is 4.40. The largest absolute Gasteiger partial charge is 0.481 e. The van der Waals surface area contributed by atoms with Crippen LogP contribution in [0.3, 0.4) is 0 Å². The SMILES string of the molecule is CN1CCc2nc(N/C=C(/C#N)C(=O)NCCCCCC(=O)O)sc2C1. The quantitative estimate of drug-likeness (QED) is 0.340. The predicted octanol–water partition coefficient (Wildman–Crippen LogP) is 1.71. The summed E-state index contributed by atoms with van der Waals surface area (Å²) < 4.78 is 0. The lowest BCUT2D eigenvalue weighted by molar-refractivity contribution is -0.137. The summed E-state index contributed by atoms with van der Waals surface area (Å²) in [4.78, 5) is 30.4. The fourth-order valence-electron chi connectivity index (χ4n) is 2.54. The molecule has 9 heteroatoms. The lowest BCUT2D eigenvalue weighted by atomic mass is 10.2. The zero-order valence-electron chi connectivity index (χ0n) is 14.7. The standard InChI is InChI=1S/C17H23N5O3S/c1-22-8-6-13-14(11-22)26-17(21-13)20-10-12(9-18)16(25)19-7-4-2-3-5-15(23)24/h10H,2-8,11H2,1H3,(H,19,25)(H,20,21)(H,23,24)/b12-10-. The highest BCUT2D eigenvalue weighted by molar-refractivity contribution is 7.15. The van der Waals surface area contributed by atoms with E-state index < -0.39 is 11.9 Å². The molecule has 8 nitrogen and oxygen atoms in total. The van der Waals surface area contributed by atoms with Crippen molar-refractivity contribution in [2.45, 2.75) is 38.6 Å². The van der Waals surface area contributed by atoms with Gasteiger partial charge in [0.05, 0.1) is 5.69 Å². The van der Waals surface area contributed by atoms with Gasteiger partial charge in [0.2, 0.25) is 0 Å². The molecule has 2 rings (SSSR count). The van der Waals surface area contributed by atoms with E-state index in [4.69, 9.17) is 10.4 Å². The fraction of sp³-hybridized carbons (Fsp3) is 0.529. The molecule has 26 heavy (non-hydrogen) atoms. The molecule has 0 unspecified atom stereocenters. The molecule has 0 radical (unpaired) electrons. The molecule has 1 aromatic rings. The number of nitrogens with one attached hydrogen (secondary N) is 2. The number of hydrogen-bond acceptors (Lipinski definition) is 7. The minimum Gasteiger partial charge on any atom is -0.481 e. The molecule has 0 atom stereocenters. The Labute approximate surface area is 156 Å². The smallest absolute Gasteiger partial charge is 0.303 e. The topological polar surface area (TPSA) is 118 Å². The van der Waals surface area contributed by atoms with Crippen molar-refractivity contribution < 1.29 is 14.7 Å². The monoisotopic (exact) mass is 377 g/mol. The van der Waals surface area contributed by atoms with E-state index in [0.29, 0.717) is 24.5 Å². The molecule has 0 bridgehead atoms. The molecule has 1 amide bonds. The third-order valence-electron chi connectivity index (χ3n) is 3.98. The van der Waals surface area contributed by atoms with Crippen LogP contribution >= 0.6 is 11.3 Å². The van der Waals surface area contributed by atoms with Gasteiger partial charge in [-0.25, -0.2) is 4.98 Å². The summed E-state index contributed by atoms with van der Waals surface area (Å²) in [6, 6.07) is 1.89. The first kappa shape index (κ1) is 19.9. The summed E-state index contributed by atoms with van der Waals surface area (Å²) in [6.45, 7) is 2.26. The van der Waals surface area contributed by atoms with Gasteiger partial charge in [0.25, 0.3) is 5.91 Å². The van der Waals surface area contributed by atoms with Gasteiger partial charge in [0, 0.05) is 43.6 Å². The maximum absolute atomic E-state index is 12.0. The minimum absolute atomic E-state index is 0.0131. The molecule has 3 N–H and O–H groups in total. The number of carbonyl (C=O) groups is 2. The highest BCUT2D eigenvalue weighted by atomic mass is 32.1. The number of anilines is 1. The number of thiazole rings is 1. The van der Waals surface area contributed by atoms with E-state index in [9.17, 15) is 9.59 Å². The van der Waals surface area contributed by atoms with E-state index in [-0.39, 0.29) is 12.0 Å². The summed E-state index contributed by atoms with van der Waals surface area (Å²) in [5, 5.41) is 24.0. The number of aliphatic carboxylic acids is 1. The lowest BCUT2D eigenvalue weighted by Crippen LogP contribution is -2.26. The number of carboxylic acid groups (broad SMARTS) is 1. The normalized spacial score (nSPS) is 14.4. The first-order valence-electron chi connectivity index (χ1n) is 8.53. The average molecular weight is 377 g/mol. The number of nitrogens with zero attached hydrogens (tertiary/aromatic N) is 3. The number of unbranched alkanes of at least 4 members (excludes halogenated alkanes) is 2. The minimum atomic E-state index is -0.815. The van der Waals surface area contributed by atoms with Gasteiger partial charge in [-0.1, -0.05) is 6.42 Å². The summed E-state index contributed by atoms with van der Waals surface area (Å²) in [7, 11) is 2.06. The van der Waals surface area contributed by atoms with E-state index in [1.54, 1.807) is 0 Å². The van der Waals surface area contributed by atoms with Gasteiger partial charge in [-0.3, -0.25) is 9.59 Å². The van der Waals surface area contributed by atoms with Crippen molar-refractivity contribution in [2.75, 3.05) is 25.5 Å². The summed E-state index contributed by atoms with van der Waals surface area (Å²) >= 11 is 1.53. The molecule has 0 saturated heterocycles. The molecule has 1 aromatic heterocycles. The Kier molecular flexibility index (Phi) is 7.56. The van der Waals surface area contributed by atoms with E-state index in [0.717, 1.165) is 31.6 Å². The van der Waals surface area contributed by atoms with Crippen molar-refractivity contribution >= 4 is 28.3 Å². The zero-order chi connectivity index (χ0) is 18.9. The van der Waals surface area contributed by atoms with Crippen LogP contribution in [-0.2, 0) is 22.6 Å². The number of carboxylic acids is 1. The second-order valence-electron chi connectivity index (χ2n) is 6.15. The predicted molar refractivity (Wildman–Crippen MR) is 98.6 cm³/mol. The third-order valence-corrected chi connectivity index (χ3v) is 4.99. The Morgan fingerprint density at radius 1 is 1.42 bits per heavy atom.